The molecule has 2 heterocycles. The standard InChI is InChI=1S/C20H29N3O2/c1-2-19(24)23-14-6-7-16(15-23)20(25)21-17-8-10-18(11-9-17)22-12-4-3-5-13-22/h8-11,16H,2-7,12-15H2,1H3,(H,21,25). The minimum Gasteiger partial charge on any atom is -0.372 e. The Labute approximate surface area is 150 Å². The van der Waals surface area contributed by atoms with Crippen LogP contribution in [0.4, 0.5) is 11.4 Å². The molecule has 0 aromatic heterocycles. The van der Waals surface area contributed by atoms with Gasteiger partial charge in [0, 0.05) is 44.0 Å². The van der Waals surface area contributed by atoms with Crippen molar-refractivity contribution in [3.8, 4) is 0 Å². The molecule has 3 rings (SSSR count). The Morgan fingerprint density at radius 2 is 1.76 bits per heavy atom. The Kier molecular flexibility index (Phi) is 5.95. The number of rotatable bonds is 4. The molecule has 25 heavy (non-hydrogen) atoms. The maximum atomic E-state index is 12.6. The monoisotopic (exact) mass is 343 g/mol. The Balaban J connectivity index is 1.56. The van der Waals surface area contributed by atoms with E-state index in [0.717, 1.165) is 38.2 Å². The fraction of sp³-hybridized carbons (Fsp3) is 0.600. The number of benzene rings is 1. The van der Waals surface area contributed by atoms with Crippen LogP contribution in [-0.2, 0) is 9.59 Å². The van der Waals surface area contributed by atoms with Crippen molar-refractivity contribution in [3.05, 3.63) is 24.3 Å². The molecule has 136 valence electrons. The molecule has 2 aliphatic rings. The molecule has 2 fully saturated rings. The van der Waals surface area contributed by atoms with Crippen molar-refractivity contribution in [3.63, 3.8) is 0 Å². The Bertz CT molecular complexity index is 593. The largest absolute Gasteiger partial charge is 0.372 e. The maximum absolute atomic E-state index is 12.6. The van der Waals surface area contributed by atoms with Crippen LogP contribution in [0.25, 0.3) is 0 Å². The van der Waals surface area contributed by atoms with Crippen LogP contribution >= 0.6 is 0 Å². The van der Waals surface area contributed by atoms with Crippen molar-refractivity contribution < 1.29 is 9.59 Å². The summed E-state index contributed by atoms with van der Waals surface area (Å²) in [5.74, 6) is 0.0636. The Hall–Kier alpha value is -2.04. The number of nitrogens with one attached hydrogen (secondary N) is 1. The second-order valence-corrected chi connectivity index (χ2v) is 7.12. The van der Waals surface area contributed by atoms with Gasteiger partial charge in [0.1, 0.15) is 0 Å². The zero-order valence-electron chi connectivity index (χ0n) is 15.2. The molecule has 5 heteroatoms. The summed E-state index contributed by atoms with van der Waals surface area (Å²) >= 11 is 0. The molecule has 0 radical (unpaired) electrons. The van der Waals surface area contributed by atoms with Crippen molar-refractivity contribution in [2.24, 2.45) is 5.92 Å². The number of carbonyl (C=O) groups excluding carboxylic acids is 2. The number of piperidine rings is 2. The number of hydrogen-bond acceptors (Lipinski definition) is 3. The van der Waals surface area contributed by atoms with Crippen LogP contribution in [0.15, 0.2) is 24.3 Å². The first-order valence-electron chi connectivity index (χ1n) is 9.61. The fourth-order valence-corrected chi connectivity index (χ4v) is 3.79. The van der Waals surface area contributed by atoms with E-state index in [4.69, 9.17) is 0 Å². The predicted molar refractivity (Wildman–Crippen MR) is 101 cm³/mol. The number of likely N-dealkylation sites (tertiary alicyclic amines) is 1. The lowest BCUT2D eigenvalue weighted by Crippen LogP contribution is -2.43. The van der Waals surface area contributed by atoms with Gasteiger partial charge in [0.05, 0.1) is 5.92 Å². The topological polar surface area (TPSA) is 52.7 Å². The highest BCUT2D eigenvalue weighted by atomic mass is 16.2. The van der Waals surface area contributed by atoms with Crippen LogP contribution in [0.2, 0.25) is 0 Å². The first kappa shape index (κ1) is 17.8. The SMILES string of the molecule is CCC(=O)N1CCCC(C(=O)Nc2ccc(N3CCCCC3)cc2)C1. The van der Waals surface area contributed by atoms with Crippen molar-refractivity contribution in [1.29, 1.82) is 0 Å². The zero-order chi connectivity index (χ0) is 17.6. The van der Waals surface area contributed by atoms with Crippen molar-refractivity contribution in [1.82, 2.24) is 4.90 Å². The van der Waals surface area contributed by atoms with Crippen LogP contribution in [0.1, 0.15) is 45.4 Å². The maximum Gasteiger partial charge on any atom is 0.229 e. The number of nitrogens with zero attached hydrogens (tertiary/aromatic N) is 2. The second-order valence-electron chi connectivity index (χ2n) is 7.12. The van der Waals surface area contributed by atoms with Gasteiger partial charge in [-0.15, -0.1) is 0 Å². The molecule has 2 saturated heterocycles. The molecule has 0 saturated carbocycles. The zero-order valence-corrected chi connectivity index (χ0v) is 15.2. The number of anilines is 2. The summed E-state index contributed by atoms with van der Waals surface area (Å²) in [5, 5.41) is 3.02. The molecule has 1 aromatic carbocycles. The highest BCUT2D eigenvalue weighted by molar-refractivity contribution is 5.93. The molecule has 1 unspecified atom stereocenters. The van der Waals surface area contributed by atoms with Gasteiger partial charge in [-0.1, -0.05) is 6.92 Å². The molecule has 2 amide bonds. The van der Waals surface area contributed by atoms with Crippen molar-refractivity contribution >= 4 is 23.2 Å². The third-order valence-corrected chi connectivity index (χ3v) is 5.30. The first-order chi connectivity index (χ1) is 12.2. The Morgan fingerprint density at radius 3 is 2.44 bits per heavy atom. The van der Waals surface area contributed by atoms with E-state index >= 15 is 0 Å². The van der Waals surface area contributed by atoms with E-state index < -0.39 is 0 Å². The molecule has 0 aliphatic carbocycles. The van der Waals surface area contributed by atoms with Crippen molar-refractivity contribution in [2.45, 2.75) is 45.4 Å². The van der Waals surface area contributed by atoms with E-state index in [-0.39, 0.29) is 17.7 Å². The number of amides is 2. The molecular formula is C20H29N3O2. The summed E-state index contributed by atoms with van der Waals surface area (Å²) in [5.41, 5.74) is 2.07. The Morgan fingerprint density at radius 1 is 1.04 bits per heavy atom. The van der Waals surface area contributed by atoms with Gasteiger partial charge in [0.15, 0.2) is 0 Å². The molecule has 2 aliphatic heterocycles. The van der Waals surface area contributed by atoms with Gasteiger partial charge in [-0.05, 0) is 56.4 Å². The third kappa shape index (κ3) is 4.53. The summed E-state index contributed by atoms with van der Waals surface area (Å²) in [4.78, 5) is 28.7. The summed E-state index contributed by atoms with van der Waals surface area (Å²) in [6, 6.07) is 8.16. The van der Waals surface area contributed by atoms with E-state index in [0.29, 0.717) is 13.0 Å². The van der Waals surface area contributed by atoms with E-state index in [9.17, 15) is 9.59 Å². The van der Waals surface area contributed by atoms with Gasteiger partial charge in [-0.2, -0.15) is 0 Å². The van der Waals surface area contributed by atoms with Crippen LogP contribution in [0, 0.1) is 5.92 Å². The van der Waals surface area contributed by atoms with Gasteiger partial charge in [-0.25, -0.2) is 0 Å². The predicted octanol–water partition coefficient (Wildman–Crippen LogP) is 3.26. The van der Waals surface area contributed by atoms with Crippen LogP contribution in [0.5, 0.6) is 0 Å². The minimum absolute atomic E-state index is 0.0272. The van der Waals surface area contributed by atoms with Crippen LogP contribution in [0.3, 0.4) is 0 Å². The van der Waals surface area contributed by atoms with Gasteiger partial charge < -0.3 is 15.1 Å². The molecule has 5 nitrogen and oxygen atoms in total. The van der Waals surface area contributed by atoms with Gasteiger partial charge in [0.25, 0.3) is 0 Å². The minimum atomic E-state index is -0.106. The van der Waals surface area contributed by atoms with Crippen molar-refractivity contribution in [2.75, 3.05) is 36.4 Å². The van der Waals surface area contributed by atoms with Gasteiger partial charge >= 0.3 is 0 Å². The normalized spacial score (nSPS) is 21.1. The van der Waals surface area contributed by atoms with E-state index in [1.54, 1.807) is 0 Å². The fourth-order valence-electron chi connectivity index (χ4n) is 3.79. The highest BCUT2D eigenvalue weighted by Gasteiger charge is 2.27. The summed E-state index contributed by atoms with van der Waals surface area (Å²) < 4.78 is 0. The second kappa shape index (κ2) is 8.37. The first-order valence-corrected chi connectivity index (χ1v) is 9.61. The van der Waals surface area contributed by atoms with E-state index in [1.807, 2.05) is 24.0 Å². The van der Waals surface area contributed by atoms with Crippen LogP contribution < -0.4 is 10.2 Å². The third-order valence-electron chi connectivity index (χ3n) is 5.30. The summed E-state index contributed by atoms with van der Waals surface area (Å²) in [6.45, 7) is 5.44. The van der Waals surface area contributed by atoms with Gasteiger partial charge in [0.2, 0.25) is 11.8 Å². The molecular weight excluding hydrogens is 314 g/mol. The number of carbonyl (C=O) groups is 2. The molecule has 0 bridgehead atoms. The smallest absolute Gasteiger partial charge is 0.229 e. The lowest BCUT2D eigenvalue weighted by molar-refractivity contribution is -0.134. The average Bonchev–Trinajstić information content (AvgIpc) is 2.68. The molecule has 1 aromatic rings. The molecule has 1 atom stereocenters. The van der Waals surface area contributed by atoms with E-state index in [1.165, 1.54) is 24.9 Å². The highest BCUT2D eigenvalue weighted by Crippen LogP contribution is 2.23. The summed E-state index contributed by atoms with van der Waals surface area (Å²) in [6.07, 6.45) is 6.10. The van der Waals surface area contributed by atoms with Crippen LogP contribution in [-0.4, -0.2) is 42.9 Å². The lowest BCUT2D eigenvalue weighted by Gasteiger charge is -2.32. The van der Waals surface area contributed by atoms with E-state index in [2.05, 4.69) is 22.3 Å². The average molecular weight is 343 g/mol. The van der Waals surface area contributed by atoms with Gasteiger partial charge in [-0.3, -0.25) is 9.59 Å². The number of hydrogen-bond donors (Lipinski definition) is 1. The lowest BCUT2D eigenvalue weighted by atomic mass is 9.96. The molecule has 0 spiro atoms. The molecule has 1 N–H and O–H groups in total. The quantitative estimate of drug-likeness (QED) is 0.913. The summed E-state index contributed by atoms with van der Waals surface area (Å²) in [7, 11) is 0.